The van der Waals surface area contributed by atoms with E-state index in [9.17, 15) is 9.18 Å². The molecule has 0 fully saturated rings. The molecule has 1 aromatic carbocycles. The van der Waals surface area contributed by atoms with Gasteiger partial charge in [-0.25, -0.2) is 19.3 Å². The maximum atomic E-state index is 13.5. The van der Waals surface area contributed by atoms with Crippen molar-refractivity contribution in [3.05, 3.63) is 59.1 Å². The summed E-state index contributed by atoms with van der Waals surface area (Å²) in [5.41, 5.74) is 1.57. The van der Waals surface area contributed by atoms with Crippen LogP contribution in [-0.2, 0) is 11.2 Å². The zero-order valence-electron chi connectivity index (χ0n) is 12.8. The Bertz CT molecular complexity index is 853. The highest BCUT2D eigenvalue weighted by Gasteiger charge is 2.10. The van der Waals surface area contributed by atoms with E-state index in [0.29, 0.717) is 28.0 Å². The van der Waals surface area contributed by atoms with Crippen LogP contribution in [0.1, 0.15) is 11.3 Å². The molecule has 1 amide bonds. The molecule has 0 unspecified atom stereocenters. The van der Waals surface area contributed by atoms with Gasteiger partial charge >= 0.3 is 0 Å². The summed E-state index contributed by atoms with van der Waals surface area (Å²) >= 11 is 1.35. The van der Waals surface area contributed by atoms with Gasteiger partial charge in [0.1, 0.15) is 5.82 Å². The van der Waals surface area contributed by atoms with Crippen molar-refractivity contribution in [2.45, 2.75) is 13.3 Å². The van der Waals surface area contributed by atoms with Crippen LogP contribution in [0.25, 0.3) is 0 Å². The van der Waals surface area contributed by atoms with Crippen LogP contribution < -0.4 is 10.6 Å². The Morgan fingerprint density at radius 3 is 2.83 bits per heavy atom. The average molecular weight is 343 g/mol. The highest BCUT2D eigenvalue weighted by atomic mass is 32.1. The highest BCUT2D eigenvalue weighted by Crippen LogP contribution is 2.19. The van der Waals surface area contributed by atoms with Crippen LogP contribution >= 0.6 is 11.3 Å². The molecular formula is C16H14FN5OS. The minimum Gasteiger partial charge on any atom is -0.326 e. The quantitative estimate of drug-likeness (QED) is 0.743. The molecule has 2 N–H and O–H groups in total. The standard InChI is InChI=1S/C16H14FN5OS/c1-10-3-4-11(7-13(10)17)20-14(23)8-12-9-24-16(21-12)22-15-18-5-2-6-19-15/h2-7,9H,8H2,1H3,(H,20,23)(H,18,19,21,22). The Kier molecular flexibility index (Phi) is 4.76. The van der Waals surface area contributed by atoms with E-state index >= 15 is 0 Å². The van der Waals surface area contributed by atoms with Crippen LogP contribution in [-0.4, -0.2) is 20.9 Å². The predicted octanol–water partition coefficient (Wildman–Crippen LogP) is 3.31. The van der Waals surface area contributed by atoms with Crippen LogP contribution in [0.2, 0.25) is 0 Å². The SMILES string of the molecule is Cc1ccc(NC(=O)Cc2csc(Nc3ncccn3)n2)cc1F. The fraction of sp³-hybridized carbons (Fsp3) is 0.125. The van der Waals surface area contributed by atoms with Crippen molar-refractivity contribution in [2.24, 2.45) is 0 Å². The number of hydrogen-bond donors (Lipinski definition) is 2. The number of nitrogens with one attached hydrogen (secondary N) is 2. The van der Waals surface area contributed by atoms with Crippen molar-refractivity contribution >= 4 is 34.0 Å². The number of rotatable bonds is 5. The smallest absolute Gasteiger partial charge is 0.230 e. The minimum atomic E-state index is -0.351. The second kappa shape index (κ2) is 7.14. The summed E-state index contributed by atoms with van der Waals surface area (Å²) in [4.78, 5) is 24.4. The summed E-state index contributed by atoms with van der Waals surface area (Å²) in [5, 5.41) is 8.00. The van der Waals surface area contributed by atoms with Gasteiger partial charge in [0, 0.05) is 23.5 Å². The lowest BCUT2D eigenvalue weighted by Crippen LogP contribution is -2.14. The van der Waals surface area contributed by atoms with Crippen molar-refractivity contribution in [3.63, 3.8) is 0 Å². The number of aromatic nitrogens is 3. The molecule has 24 heavy (non-hydrogen) atoms. The molecule has 0 aliphatic heterocycles. The number of aryl methyl sites for hydroxylation is 1. The van der Waals surface area contributed by atoms with Crippen molar-refractivity contribution in [2.75, 3.05) is 10.6 Å². The number of benzene rings is 1. The minimum absolute atomic E-state index is 0.101. The molecule has 0 bridgehead atoms. The summed E-state index contributed by atoms with van der Waals surface area (Å²) in [6.07, 6.45) is 3.35. The molecule has 8 heteroatoms. The van der Waals surface area contributed by atoms with Gasteiger partial charge in [0.2, 0.25) is 11.9 Å². The summed E-state index contributed by atoms with van der Waals surface area (Å²) in [5.74, 6) is -0.167. The third-order valence-electron chi connectivity index (χ3n) is 3.13. The van der Waals surface area contributed by atoms with Crippen LogP contribution in [0.5, 0.6) is 0 Å². The van der Waals surface area contributed by atoms with Crippen LogP contribution in [0.4, 0.5) is 21.2 Å². The van der Waals surface area contributed by atoms with E-state index in [0.717, 1.165) is 0 Å². The first-order valence-electron chi connectivity index (χ1n) is 7.14. The summed E-state index contributed by atoms with van der Waals surface area (Å²) in [6.45, 7) is 1.67. The number of carbonyl (C=O) groups is 1. The lowest BCUT2D eigenvalue weighted by Gasteiger charge is -2.05. The molecule has 6 nitrogen and oxygen atoms in total. The molecule has 0 aliphatic rings. The highest BCUT2D eigenvalue weighted by molar-refractivity contribution is 7.13. The molecule has 0 spiro atoms. The van der Waals surface area contributed by atoms with Crippen LogP contribution in [0.3, 0.4) is 0 Å². The third kappa shape index (κ3) is 4.11. The van der Waals surface area contributed by atoms with Gasteiger partial charge in [-0.3, -0.25) is 4.79 Å². The Morgan fingerprint density at radius 1 is 1.29 bits per heavy atom. The van der Waals surface area contributed by atoms with Gasteiger partial charge in [0.15, 0.2) is 5.13 Å². The number of nitrogens with zero attached hydrogens (tertiary/aromatic N) is 3. The molecular weight excluding hydrogens is 329 g/mol. The lowest BCUT2D eigenvalue weighted by molar-refractivity contribution is -0.115. The van der Waals surface area contributed by atoms with Gasteiger partial charge in [-0.2, -0.15) is 0 Å². The molecule has 0 saturated heterocycles. The topological polar surface area (TPSA) is 79.8 Å². The molecule has 3 aromatic rings. The Labute approximate surface area is 141 Å². The average Bonchev–Trinajstić information content (AvgIpc) is 2.99. The second-order valence-corrected chi connectivity index (χ2v) is 5.89. The summed E-state index contributed by atoms with van der Waals surface area (Å²) < 4.78 is 13.5. The maximum absolute atomic E-state index is 13.5. The van der Waals surface area contributed by atoms with E-state index in [1.54, 1.807) is 42.9 Å². The van der Waals surface area contributed by atoms with Crippen molar-refractivity contribution < 1.29 is 9.18 Å². The van der Waals surface area contributed by atoms with Crippen LogP contribution in [0.15, 0.2) is 42.0 Å². The maximum Gasteiger partial charge on any atom is 0.230 e. The van der Waals surface area contributed by atoms with Gasteiger partial charge in [0.05, 0.1) is 12.1 Å². The van der Waals surface area contributed by atoms with Gasteiger partial charge < -0.3 is 10.6 Å². The molecule has 122 valence electrons. The van der Waals surface area contributed by atoms with E-state index in [1.807, 2.05) is 0 Å². The Balaban J connectivity index is 1.59. The van der Waals surface area contributed by atoms with Crippen molar-refractivity contribution in [1.82, 2.24) is 15.0 Å². The number of amides is 1. The molecule has 0 saturated carbocycles. The lowest BCUT2D eigenvalue weighted by atomic mass is 10.2. The van der Waals surface area contributed by atoms with Crippen LogP contribution in [0, 0.1) is 12.7 Å². The molecule has 2 heterocycles. The first kappa shape index (κ1) is 16.0. The normalized spacial score (nSPS) is 10.4. The number of thiazole rings is 1. The Hall–Kier alpha value is -2.87. The van der Waals surface area contributed by atoms with Crippen molar-refractivity contribution in [1.29, 1.82) is 0 Å². The summed E-state index contributed by atoms with van der Waals surface area (Å²) in [6, 6.07) is 6.30. The third-order valence-corrected chi connectivity index (χ3v) is 3.94. The number of anilines is 3. The summed E-state index contributed by atoms with van der Waals surface area (Å²) in [7, 11) is 0. The van der Waals surface area contributed by atoms with E-state index in [4.69, 9.17) is 0 Å². The van der Waals surface area contributed by atoms with Gasteiger partial charge in [0.25, 0.3) is 0 Å². The molecule has 0 atom stereocenters. The zero-order valence-corrected chi connectivity index (χ0v) is 13.6. The molecule has 0 radical (unpaired) electrons. The number of hydrogen-bond acceptors (Lipinski definition) is 6. The fourth-order valence-corrected chi connectivity index (χ4v) is 2.65. The van der Waals surface area contributed by atoms with E-state index in [-0.39, 0.29) is 18.1 Å². The van der Waals surface area contributed by atoms with E-state index in [1.165, 1.54) is 17.4 Å². The number of halogens is 1. The van der Waals surface area contributed by atoms with Gasteiger partial charge in [-0.05, 0) is 30.7 Å². The van der Waals surface area contributed by atoms with Gasteiger partial charge in [-0.1, -0.05) is 6.07 Å². The second-order valence-electron chi connectivity index (χ2n) is 5.03. The van der Waals surface area contributed by atoms with E-state index in [2.05, 4.69) is 25.6 Å². The van der Waals surface area contributed by atoms with E-state index < -0.39 is 0 Å². The van der Waals surface area contributed by atoms with Gasteiger partial charge in [-0.15, -0.1) is 11.3 Å². The molecule has 2 aromatic heterocycles. The first-order valence-corrected chi connectivity index (χ1v) is 8.02. The molecule has 3 rings (SSSR count). The molecule has 0 aliphatic carbocycles. The predicted molar refractivity (Wildman–Crippen MR) is 90.9 cm³/mol. The number of carbonyl (C=O) groups excluding carboxylic acids is 1. The fourth-order valence-electron chi connectivity index (χ4n) is 1.95. The zero-order chi connectivity index (χ0) is 16.9. The van der Waals surface area contributed by atoms with Crippen molar-refractivity contribution in [3.8, 4) is 0 Å². The monoisotopic (exact) mass is 343 g/mol. The largest absolute Gasteiger partial charge is 0.326 e. The first-order chi connectivity index (χ1) is 11.6. The Morgan fingerprint density at radius 2 is 2.08 bits per heavy atom.